The summed E-state index contributed by atoms with van der Waals surface area (Å²) in [5.41, 5.74) is 0.528. The van der Waals surface area contributed by atoms with Crippen LogP contribution < -0.4 is 0 Å². The quantitative estimate of drug-likeness (QED) is 0.264. The molecule has 0 fully saturated rings. The van der Waals surface area contributed by atoms with Crippen molar-refractivity contribution in [2.45, 2.75) is 84.0 Å². The summed E-state index contributed by atoms with van der Waals surface area (Å²) >= 11 is 0. The first-order valence-corrected chi connectivity index (χ1v) is 10.7. The molecular formula is C23H35FO4. The maximum absolute atomic E-state index is 13.4. The van der Waals surface area contributed by atoms with Crippen LogP contribution >= 0.6 is 0 Å². The van der Waals surface area contributed by atoms with Gasteiger partial charge in [0.2, 0.25) is 0 Å². The molecule has 0 spiro atoms. The van der Waals surface area contributed by atoms with Gasteiger partial charge in [-0.1, -0.05) is 70.1 Å². The summed E-state index contributed by atoms with van der Waals surface area (Å²) in [6, 6.07) is 6.43. The van der Waals surface area contributed by atoms with Crippen LogP contribution in [0.2, 0.25) is 0 Å². The number of benzene rings is 1. The fraction of sp³-hybridized carbons (Fsp3) is 0.652. The van der Waals surface area contributed by atoms with Gasteiger partial charge in [0.05, 0.1) is 13.2 Å². The molecule has 1 aromatic carbocycles. The molecule has 0 radical (unpaired) electrons. The van der Waals surface area contributed by atoms with E-state index in [1.165, 1.54) is 44.6 Å². The second-order valence-corrected chi connectivity index (χ2v) is 7.11. The molecule has 0 bridgehead atoms. The van der Waals surface area contributed by atoms with Crippen LogP contribution in [0.1, 0.15) is 83.1 Å². The highest BCUT2D eigenvalue weighted by molar-refractivity contribution is 5.72. The number of hydrogen-bond donors (Lipinski definition) is 0. The molecule has 0 unspecified atom stereocenters. The van der Waals surface area contributed by atoms with Crippen LogP contribution in [0.5, 0.6) is 0 Å². The standard InChI is InChI=1S/C23H35FO4/c1-2-3-4-5-6-7-8-11-18-27-22(25)15-12-16-23(26)28-19-17-20-13-9-10-14-21(20)24/h9-10,13-14H,2-8,11-12,15-19H2,1H3. The normalized spacial score (nSPS) is 10.6. The topological polar surface area (TPSA) is 52.6 Å². The molecule has 4 nitrogen and oxygen atoms in total. The van der Waals surface area contributed by atoms with E-state index in [0.29, 0.717) is 25.0 Å². The third kappa shape index (κ3) is 12.5. The van der Waals surface area contributed by atoms with E-state index in [-0.39, 0.29) is 37.2 Å². The number of esters is 2. The molecule has 0 saturated heterocycles. The van der Waals surface area contributed by atoms with E-state index in [1.54, 1.807) is 18.2 Å². The minimum atomic E-state index is -0.368. The minimum Gasteiger partial charge on any atom is -0.466 e. The molecule has 0 aromatic heterocycles. The van der Waals surface area contributed by atoms with Gasteiger partial charge in [-0.2, -0.15) is 0 Å². The molecule has 5 heteroatoms. The van der Waals surface area contributed by atoms with Gasteiger partial charge in [-0.25, -0.2) is 4.39 Å². The summed E-state index contributed by atoms with van der Waals surface area (Å²) in [7, 11) is 0. The lowest BCUT2D eigenvalue weighted by Gasteiger charge is -2.06. The SMILES string of the molecule is CCCCCCCCCCOC(=O)CCCC(=O)OCCc1ccccc1F. The molecular weight excluding hydrogens is 359 g/mol. The Morgan fingerprint density at radius 3 is 2.00 bits per heavy atom. The third-order valence-electron chi connectivity index (χ3n) is 4.62. The van der Waals surface area contributed by atoms with Gasteiger partial charge in [0.1, 0.15) is 5.82 Å². The monoisotopic (exact) mass is 394 g/mol. The van der Waals surface area contributed by atoms with Gasteiger partial charge < -0.3 is 9.47 Å². The van der Waals surface area contributed by atoms with E-state index in [1.807, 2.05) is 0 Å². The van der Waals surface area contributed by atoms with E-state index < -0.39 is 0 Å². The lowest BCUT2D eigenvalue weighted by molar-refractivity contribution is -0.145. The molecule has 0 N–H and O–H groups in total. The zero-order chi connectivity index (χ0) is 20.5. The van der Waals surface area contributed by atoms with Crippen LogP contribution in [0.15, 0.2) is 24.3 Å². The smallest absolute Gasteiger partial charge is 0.305 e. The van der Waals surface area contributed by atoms with Crippen LogP contribution in [-0.2, 0) is 25.5 Å². The Morgan fingerprint density at radius 2 is 1.36 bits per heavy atom. The van der Waals surface area contributed by atoms with E-state index in [9.17, 15) is 14.0 Å². The Kier molecular flexibility index (Phi) is 13.9. The number of carbonyl (C=O) groups excluding carboxylic acids is 2. The Morgan fingerprint density at radius 1 is 0.786 bits per heavy atom. The largest absolute Gasteiger partial charge is 0.466 e. The van der Waals surface area contributed by atoms with Crippen LogP contribution in [0.4, 0.5) is 4.39 Å². The summed E-state index contributed by atoms with van der Waals surface area (Å²) in [6.45, 7) is 2.81. The number of carbonyl (C=O) groups is 2. The summed E-state index contributed by atoms with van der Waals surface area (Å²) in [5, 5.41) is 0. The van der Waals surface area contributed by atoms with E-state index in [0.717, 1.165) is 12.8 Å². The molecule has 0 heterocycles. The van der Waals surface area contributed by atoms with Gasteiger partial charge in [-0.15, -0.1) is 0 Å². The predicted octanol–water partition coefficient (Wildman–Crippen LogP) is 5.77. The summed E-state index contributed by atoms with van der Waals surface area (Å²) in [5.74, 6) is -0.924. The first-order chi connectivity index (χ1) is 13.6. The number of rotatable bonds is 16. The third-order valence-corrected chi connectivity index (χ3v) is 4.62. The Hall–Kier alpha value is -1.91. The summed E-state index contributed by atoms with van der Waals surface area (Å²) < 4.78 is 23.7. The summed E-state index contributed by atoms with van der Waals surface area (Å²) in [6.07, 6.45) is 10.8. The van der Waals surface area contributed by atoms with E-state index in [2.05, 4.69) is 6.92 Å². The van der Waals surface area contributed by atoms with Crippen LogP contribution in [0.25, 0.3) is 0 Å². The molecule has 0 saturated carbocycles. The molecule has 1 aromatic rings. The van der Waals surface area contributed by atoms with Gasteiger partial charge in [0.15, 0.2) is 0 Å². The fourth-order valence-corrected chi connectivity index (χ4v) is 2.92. The second-order valence-electron chi connectivity index (χ2n) is 7.11. The second kappa shape index (κ2) is 16.1. The molecule has 0 aliphatic rings. The predicted molar refractivity (Wildman–Crippen MR) is 108 cm³/mol. The van der Waals surface area contributed by atoms with E-state index >= 15 is 0 Å². The van der Waals surface area contributed by atoms with Gasteiger partial charge >= 0.3 is 11.9 Å². The highest BCUT2D eigenvalue weighted by Crippen LogP contribution is 2.09. The maximum Gasteiger partial charge on any atom is 0.305 e. The molecule has 0 atom stereocenters. The van der Waals surface area contributed by atoms with E-state index in [4.69, 9.17) is 9.47 Å². The average Bonchev–Trinajstić information content (AvgIpc) is 2.68. The van der Waals surface area contributed by atoms with Crippen LogP contribution in [0.3, 0.4) is 0 Å². The zero-order valence-corrected chi connectivity index (χ0v) is 17.2. The van der Waals surface area contributed by atoms with Crippen LogP contribution in [-0.4, -0.2) is 25.2 Å². The highest BCUT2D eigenvalue weighted by Gasteiger charge is 2.08. The molecule has 158 valence electrons. The van der Waals surface area contributed by atoms with Crippen molar-refractivity contribution in [1.82, 2.24) is 0 Å². The summed E-state index contributed by atoms with van der Waals surface area (Å²) in [4.78, 5) is 23.3. The molecule has 0 aliphatic heterocycles. The lowest BCUT2D eigenvalue weighted by atomic mass is 10.1. The molecule has 0 aliphatic carbocycles. The van der Waals surface area contributed by atoms with Crippen molar-refractivity contribution < 1.29 is 23.5 Å². The van der Waals surface area contributed by atoms with Gasteiger partial charge in [-0.3, -0.25) is 9.59 Å². The van der Waals surface area contributed by atoms with Crippen LogP contribution in [0, 0.1) is 5.82 Å². The zero-order valence-electron chi connectivity index (χ0n) is 17.2. The van der Waals surface area contributed by atoms with Crippen molar-refractivity contribution in [3.63, 3.8) is 0 Å². The maximum atomic E-state index is 13.4. The molecule has 1 rings (SSSR count). The van der Waals surface area contributed by atoms with Crippen molar-refractivity contribution in [3.05, 3.63) is 35.6 Å². The Labute approximate surface area is 168 Å². The number of unbranched alkanes of at least 4 members (excludes halogenated alkanes) is 7. The van der Waals surface area contributed by atoms with Crippen molar-refractivity contribution >= 4 is 11.9 Å². The van der Waals surface area contributed by atoms with Crippen molar-refractivity contribution in [3.8, 4) is 0 Å². The van der Waals surface area contributed by atoms with Gasteiger partial charge in [-0.05, 0) is 24.5 Å². The van der Waals surface area contributed by atoms with Crippen molar-refractivity contribution in [1.29, 1.82) is 0 Å². The lowest BCUT2D eigenvalue weighted by Crippen LogP contribution is -2.10. The van der Waals surface area contributed by atoms with Gasteiger partial charge in [0, 0.05) is 19.3 Å². The van der Waals surface area contributed by atoms with Crippen molar-refractivity contribution in [2.24, 2.45) is 0 Å². The van der Waals surface area contributed by atoms with Crippen molar-refractivity contribution in [2.75, 3.05) is 13.2 Å². The first-order valence-electron chi connectivity index (χ1n) is 10.7. The first kappa shape index (κ1) is 24.1. The number of ether oxygens (including phenoxy) is 2. The average molecular weight is 395 g/mol. The number of hydrogen-bond acceptors (Lipinski definition) is 4. The Bertz CT molecular complexity index is 559. The minimum absolute atomic E-state index is 0.142. The molecule has 0 amide bonds. The number of halogens is 1. The Balaban J connectivity index is 1.93. The fourth-order valence-electron chi connectivity index (χ4n) is 2.92. The van der Waals surface area contributed by atoms with Gasteiger partial charge in [0.25, 0.3) is 0 Å². The molecule has 28 heavy (non-hydrogen) atoms. The highest BCUT2D eigenvalue weighted by atomic mass is 19.1.